The van der Waals surface area contributed by atoms with E-state index in [2.05, 4.69) is 0 Å². The monoisotopic (exact) mass is 364 g/mol. The van der Waals surface area contributed by atoms with Gasteiger partial charge in [-0.2, -0.15) is 0 Å². The molecular formula is C17H17ClN2O5. The predicted molar refractivity (Wildman–Crippen MR) is 93.4 cm³/mol. The molecule has 0 aromatic heterocycles. The number of halogens is 1. The van der Waals surface area contributed by atoms with Crippen LogP contribution in [0.2, 0.25) is 5.02 Å². The van der Waals surface area contributed by atoms with Gasteiger partial charge in [-0.15, -0.1) is 0 Å². The Balaban J connectivity index is 2.21. The molecule has 0 unspecified atom stereocenters. The molecule has 2 rings (SSSR count). The van der Waals surface area contributed by atoms with Crippen LogP contribution in [0.1, 0.15) is 15.9 Å². The summed E-state index contributed by atoms with van der Waals surface area (Å²) in [6.45, 7) is 0.301. The van der Waals surface area contributed by atoms with Gasteiger partial charge in [-0.25, -0.2) is 0 Å². The first-order valence-corrected chi connectivity index (χ1v) is 7.65. The van der Waals surface area contributed by atoms with Crippen LogP contribution in [0.4, 0.5) is 5.69 Å². The molecule has 0 spiro atoms. The Bertz CT molecular complexity index is 810. The Morgan fingerprint density at radius 3 is 2.44 bits per heavy atom. The Labute approximate surface area is 149 Å². The van der Waals surface area contributed by atoms with Crippen LogP contribution < -0.4 is 9.47 Å². The maximum Gasteiger partial charge on any atom is 0.288 e. The number of carbonyl (C=O) groups is 1. The Kier molecular flexibility index (Phi) is 5.82. The average Bonchev–Trinajstić information content (AvgIpc) is 2.61. The van der Waals surface area contributed by atoms with Crippen molar-refractivity contribution >= 4 is 23.2 Å². The molecule has 2 aromatic rings. The summed E-state index contributed by atoms with van der Waals surface area (Å²) >= 11 is 5.77. The van der Waals surface area contributed by atoms with Crippen LogP contribution in [-0.4, -0.2) is 37.0 Å². The molecule has 25 heavy (non-hydrogen) atoms. The van der Waals surface area contributed by atoms with E-state index in [4.69, 9.17) is 21.1 Å². The topological polar surface area (TPSA) is 81.9 Å². The normalized spacial score (nSPS) is 10.2. The largest absolute Gasteiger partial charge is 0.493 e. The molecule has 8 heteroatoms. The first-order chi connectivity index (χ1) is 11.9. The minimum absolute atomic E-state index is 0.0101. The van der Waals surface area contributed by atoms with Gasteiger partial charge in [-0.1, -0.05) is 17.7 Å². The SMILES string of the molecule is COc1ccc(CN(C)C(=O)c2ccc(Cl)c([N+](=O)[O-])c2)cc1OC. The number of methoxy groups -OCH3 is 2. The van der Waals surface area contributed by atoms with Crippen LogP contribution in [0.3, 0.4) is 0 Å². The number of hydrogen-bond acceptors (Lipinski definition) is 5. The lowest BCUT2D eigenvalue weighted by atomic mass is 10.1. The van der Waals surface area contributed by atoms with Gasteiger partial charge in [0.05, 0.1) is 19.1 Å². The molecule has 0 fully saturated rings. The highest BCUT2D eigenvalue weighted by Crippen LogP contribution is 2.29. The molecular weight excluding hydrogens is 348 g/mol. The zero-order valence-electron chi connectivity index (χ0n) is 14.0. The minimum Gasteiger partial charge on any atom is -0.493 e. The summed E-state index contributed by atoms with van der Waals surface area (Å²) in [5.74, 6) is 0.797. The number of hydrogen-bond donors (Lipinski definition) is 0. The smallest absolute Gasteiger partial charge is 0.288 e. The van der Waals surface area contributed by atoms with Crippen molar-refractivity contribution in [2.75, 3.05) is 21.3 Å². The molecule has 0 radical (unpaired) electrons. The average molecular weight is 365 g/mol. The van der Waals surface area contributed by atoms with Crippen molar-refractivity contribution in [2.24, 2.45) is 0 Å². The van der Waals surface area contributed by atoms with E-state index in [1.807, 2.05) is 6.07 Å². The molecule has 0 heterocycles. The van der Waals surface area contributed by atoms with Gasteiger partial charge in [0, 0.05) is 25.2 Å². The molecule has 2 aromatic carbocycles. The number of nitro groups is 1. The highest BCUT2D eigenvalue weighted by molar-refractivity contribution is 6.32. The molecule has 0 aliphatic heterocycles. The minimum atomic E-state index is -0.618. The molecule has 0 aliphatic rings. The van der Waals surface area contributed by atoms with E-state index < -0.39 is 4.92 Å². The highest BCUT2D eigenvalue weighted by Gasteiger charge is 2.19. The first kappa shape index (κ1) is 18.5. The molecule has 0 bridgehead atoms. The number of benzene rings is 2. The fourth-order valence-corrected chi connectivity index (χ4v) is 2.52. The van der Waals surface area contributed by atoms with E-state index in [1.54, 1.807) is 26.3 Å². The molecule has 132 valence electrons. The summed E-state index contributed by atoms with van der Waals surface area (Å²) in [5.41, 5.74) is 0.725. The van der Waals surface area contributed by atoms with E-state index in [-0.39, 0.29) is 22.2 Å². The quantitative estimate of drug-likeness (QED) is 0.578. The summed E-state index contributed by atoms with van der Waals surface area (Å²) in [6.07, 6.45) is 0. The second kappa shape index (κ2) is 7.85. The standard InChI is InChI=1S/C17H17ClN2O5/c1-19(10-11-4-7-15(24-2)16(8-11)25-3)17(21)12-5-6-13(18)14(9-12)20(22)23/h4-9H,10H2,1-3H3. The van der Waals surface area contributed by atoms with Crippen LogP contribution in [0.5, 0.6) is 11.5 Å². The van der Waals surface area contributed by atoms with Crippen molar-refractivity contribution < 1.29 is 19.2 Å². The van der Waals surface area contributed by atoms with Gasteiger partial charge < -0.3 is 14.4 Å². The van der Waals surface area contributed by atoms with Crippen molar-refractivity contribution in [3.63, 3.8) is 0 Å². The lowest BCUT2D eigenvalue weighted by Gasteiger charge is -2.18. The van der Waals surface area contributed by atoms with E-state index >= 15 is 0 Å². The molecule has 0 saturated carbocycles. The van der Waals surface area contributed by atoms with Crippen molar-refractivity contribution in [3.05, 3.63) is 62.7 Å². The van der Waals surface area contributed by atoms with Gasteiger partial charge in [0.25, 0.3) is 11.6 Å². The van der Waals surface area contributed by atoms with Crippen molar-refractivity contribution in [3.8, 4) is 11.5 Å². The first-order valence-electron chi connectivity index (χ1n) is 7.27. The molecule has 0 N–H and O–H groups in total. The van der Waals surface area contributed by atoms with Gasteiger partial charge in [-0.3, -0.25) is 14.9 Å². The van der Waals surface area contributed by atoms with Gasteiger partial charge >= 0.3 is 0 Å². The van der Waals surface area contributed by atoms with Gasteiger partial charge in [0.15, 0.2) is 11.5 Å². The van der Waals surface area contributed by atoms with E-state index in [9.17, 15) is 14.9 Å². The van der Waals surface area contributed by atoms with Gasteiger partial charge in [-0.05, 0) is 29.8 Å². The number of nitro benzene ring substituents is 1. The highest BCUT2D eigenvalue weighted by atomic mass is 35.5. The Hall–Kier alpha value is -2.80. The van der Waals surface area contributed by atoms with Crippen LogP contribution in [0.15, 0.2) is 36.4 Å². The lowest BCUT2D eigenvalue weighted by Crippen LogP contribution is -2.26. The third-order valence-corrected chi connectivity index (χ3v) is 3.92. The fourth-order valence-electron chi connectivity index (χ4n) is 2.33. The third-order valence-electron chi connectivity index (χ3n) is 3.60. The lowest BCUT2D eigenvalue weighted by molar-refractivity contribution is -0.384. The van der Waals surface area contributed by atoms with Gasteiger partial charge in [0.1, 0.15) is 5.02 Å². The number of ether oxygens (including phenoxy) is 2. The summed E-state index contributed by atoms with van der Waals surface area (Å²) in [7, 11) is 4.68. The van der Waals surface area contributed by atoms with Crippen LogP contribution in [0, 0.1) is 10.1 Å². The number of amides is 1. The molecule has 1 amide bonds. The van der Waals surface area contributed by atoms with Crippen molar-refractivity contribution in [1.82, 2.24) is 4.90 Å². The predicted octanol–water partition coefficient (Wildman–Crippen LogP) is 3.54. The molecule has 7 nitrogen and oxygen atoms in total. The summed E-state index contributed by atoms with van der Waals surface area (Å²) in [6, 6.07) is 9.32. The summed E-state index contributed by atoms with van der Waals surface area (Å²) in [5, 5.41) is 10.9. The second-order valence-corrected chi connectivity index (χ2v) is 5.68. The third kappa shape index (κ3) is 4.19. The number of rotatable bonds is 6. The Morgan fingerprint density at radius 2 is 1.84 bits per heavy atom. The van der Waals surface area contributed by atoms with Gasteiger partial charge in [0.2, 0.25) is 0 Å². The van der Waals surface area contributed by atoms with E-state index in [0.29, 0.717) is 18.0 Å². The van der Waals surface area contributed by atoms with E-state index in [0.717, 1.165) is 5.56 Å². The maximum atomic E-state index is 12.5. The zero-order chi connectivity index (χ0) is 18.6. The summed E-state index contributed by atoms with van der Waals surface area (Å²) in [4.78, 5) is 24.3. The summed E-state index contributed by atoms with van der Waals surface area (Å²) < 4.78 is 10.4. The zero-order valence-corrected chi connectivity index (χ0v) is 14.7. The number of nitrogens with zero attached hydrogens (tertiary/aromatic N) is 2. The maximum absolute atomic E-state index is 12.5. The molecule has 0 atom stereocenters. The van der Waals surface area contributed by atoms with Crippen molar-refractivity contribution in [1.29, 1.82) is 0 Å². The van der Waals surface area contributed by atoms with Crippen LogP contribution in [-0.2, 0) is 6.54 Å². The van der Waals surface area contributed by atoms with Crippen LogP contribution in [0.25, 0.3) is 0 Å². The molecule has 0 aliphatic carbocycles. The van der Waals surface area contributed by atoms with Crippen LogP contribution >= 0.6 is 11.6 Å². The van der Waals surface area contributed by atoms with E-state index in [1.165, 1.54) is 30.2 Å². The number of carbonyl (C=O) groups excluding carboxylic acids is 1. The Morgan fingerprint density at radius 1 is 1.16 bits per heavy atom. The fraction of sp³-hybridized carbons (Fsp3) is 0.235. The second-order valence-electron chi connectivity index (χ2n) is 5.27. The molecule has 0 saturated heterocycles. The van der Waals surface area contributed by atoms with Crippen molar-refractivity contribution in [2.45, 2.75) is 6.54 Å².